The molecule has 5 N–H and O–H groups in total. The Morgan fingerprint density at radius 1 is 1.35 bits per heavy atom. The summed E-state index contributed by atoms with van der Waals surface area (Å²) in [6.07, 6.45) is 4.97. The highest BCUT2D eigenvalue weighted by atomic mass is 15.3. The van der Waals surface area contributed by atoms with Crippen LogP contribution >= 0.6 is 0 Å². The first-order valence-electron chi connectivity index (χ1n) is 4.96. The number of nitrogens with one attached hydrogen (secondary N) is 1. The van der Waals surface area contributed by atoms with Crippen molar-refractivity contribution in [3.8, 4) is 11.3 Å². The van der Waals surface area contributed by atoms with Crippen molar-refractivity contribution in [2.45, 2.75) is 0 Å². The minimum atomic E-state index is -0.0639. The molecule has 6 heteroatoms. The van der Waals surface area contributed by atoms with E-state index >= 15 is 0 Å². The molecule has 0 saturated heterocycles. The van der Waals surface area contributed by atoms with Gasteiger partial charge in [-0.1, -0.05) is 18.2 Å². The Labute approximate surface area is 98.1 Å². The van der Waals surface area contributed by atoms with Crippen LogP contribution in [0.15, 0.2) is 47.0 Å². The van der Waals surface area contributed by atoms with Crippen molar-refractivity contribution < 1.29 is 0 Å². The van der Waals surface area contributed by atoms with Crippen molar-refractivity contribution in [2.24, 2.45) is 21.7 Å². The van der Waals surface area contributed by atoms with Crippen LogP contribution in [0.5, 0.6) is 0 Å². The molecular weight excluding hydrogens is 216 g/mol. The van der Waals surface area contributed by atoms with Gasteiger partial charge in [0.05, 0.1) is 24.4 Å². The predicted octanol–water partition coefficient (Wildman–Crippen LogP) is 0.684. The first-order chi connectivity index (χ1) is 8.25. The molecule has 1 aromatic carbocycles. The number of aromatic amines is 1. The average molecular weight is 228 g/mol. The lowest BCUT2D eigenvalue weighted by molar-refractivity contribution is 1.21. The fourth-order valence-electron chi connectivity index (χ4n) is 1.36. The van der Waals surface area contributed by atoms with Gasteiger partial charge in [0, 0.05) is 5.56 Å². The Morgan fingerprint density at radius 3 is 2.94 bits per heavy atom. The summed E-state index contributed by atoms with van der Waals surface area (Å²) in [6.45, 7) is 0. The first kappa shape index (κ1) is 10.9. The number of benzene rings is 1. The average Bonchev–Trinajstić information content (AvgIpc) is 2.82. The summed E-state index contributed by atoms with van der Waals surface area (Å²) in [5.74, 6) is -0.0639. The van der Waals surface area contributed by atoms with Crippen LogP contribution in [0, 0.1) is 0 Å². The van der Waals surface area contributed by atoms with Crippen LogP contribution < -0.4 is 11.5 Å². The van der Waals surface area contributed by atoms with Crippen molar-refractivity contribution in [3.63, 3.8) is 0 Å². The highest BCUT2D eigenvalue weighted by molar-refractivity contribution is 5.83. The fraction of sp³-hybridized carbons (Fsp3) is 0. The van der Waals surface area contributed by atoms with Gasteiger partial charge in [0.2, 0.25) is 5.96 Å². The Bertz CT molecular complexity index is 537. The molecule has 6 nitrogen and oxygen atoms in total. The summed E-state index contributed by atoms with van der Waals surface area (Å²) in [4.78, 5) is 7.00. The van der Waals surface area contributed by atoms with Crippen LogP contribution in [0.4, 0.5) is 0 Å². The molecule has 0 amide bonds. The van der Waals surface area contributed by atoms with Crippen LogP contribution in [-0.4, -0.2) is 22.1 Å². The Morgan fingerprint density at radius 2 is 2.24 bits per heavy atom. The molecule has 17 heavy (non-hydrogen) atoms. The summed E-state index contributed by atoms with van der Waals surface area (Å²) in [5, 5.41) is 7.28. The van der Waals surface area contributed by atoms with Gasteiger partial charge in [-0.15, -0.1) is 5.10 Å². The number of H-pyrrole nitrogens is 1. The topological polar surface area (TPSA) is 105 Å². The maximum atomic E-state index is 5.16. The Kier molecular flexibility index (Phi) is 3.15. The molecule has 2 aromatic rings. The normalized spacial score (nSPS) is 10.6. The van der Waals surface area contributed by atoms with Gasteiger partial charge in [-0.25, -0.2) is 4.98 Å². The van der Waals surface area contributed by atoms with Crippen LogP contribution in [0.25, 0.3) is 11.3 Å². The van der Waals surface area contributed by atoms with Crippen LogP contribution in [0.2, 0.25) is 0 Å². The number of nitrogens with two attached hydrogens (primary N) is 2. The molecule has 2 rings (SSSR count). The third-order valence-corrected chi connectivity index (χ3v) is 2.08. The van der Waals surface area contributed by atoms with E-state index in [0.29, 0.717) is 0 Å². The second-order valence-electron chi connectivity index (χ2n) is 3.36. The summed E-state index contributed by atoms with van der Waals surface area (Å²) in [7, 11) is 0. The summed E-state index contributed by atoms with van der Waals surface area (Å²) in [6, 6.07) is 7.77. The van der Waals surface area contributed by atoms with Crippen LogP contribution in [-0.2, 0) is 0 Å². The minimum Gasteiger partial charge on any atom is -0.369 e. The summed E-state index contributed by atoms with van der Waals surface area (Å²) in [5.41, 5.74) is 13.2. The third-order valence-electron chi connectivity index (χ3n) is 2.08. The van der Waals surface area contributed by atoms with E-state index in [1.807, 2.05) is 24.3 Å². The van der Waals surface area contributed by atoms with E-state index in [9.17, 15) is 0 Å². The van der Waals surface area contributed by atoms with E-state index in [1.54, 1.807) is 18.7 Å². The van der Waals surface area contributed by atoms with Gasteiger partial charge in [-0.3, -0.25) is 0 Å². The van der Waals surface area contributed by atoms with Crippen molar-refractivity contribution in [3.05, 3.63) is 42.4 Å². The minimum absolute atomic E-state index is 0.0639. The van der Waals surface area contributed by atoms with E-state index in [2.05, 4.69) is 20.2 Å². The Hall–Kier alpha value is -2.63. The van der Waals surface area contributed by atoms with Gasteiger partial charge in [0.1, 0.15) is 0 Å². The quantitative estimate of drug-likeness (QED) is 0.408. The van der Waals surface area contributed by atoms with E-state index in [4.69, 9.17) is 11.5 Å². The smallest absolute Gasteiger partial charge is 0.211 e. The number of hydrogen-bond acceptors (Lipinski definition) is 3. The van der Waals surface area contributed by atoms with E-state index in [-0.39, 0.29) is 5.96 Å². The van der Waals surface area contributed by atoms with Gasteiger partial charge in [0.15, 0.2) is 0 Å². The van der Waals surface area contributed by atoms with E-state index < -0.39 is 0 Å². The maximum absolute atomic E-state index is 5.16. The van der Waals surface area contributed by atoms with Crippen molar-refractivity contribution in [2.75, 3.05) is 0 Å². The molecule has 0 saturated carbocycles. The predicted molar refractivity (Wildman–Crippen MR) is 67.4 cm³/mol. The monoisotopic (exact) mass is 228 g/mol. The first-order valence-corrected chi connectivity index (χ1v) is 4.96. The standard InChI is InChI=1S/C11H12N6/c12-11(13)17-16-5-8-2-1-3-9(4-8)10-6-14-7-15-10/h1-7H,(H,14,15)(H4,12,13,17). The molecule has 0 aliphatic heterocycles. The van der Waals surface area contributed by atoms with Gasteiger partial charge in [-0.05, 0) is 11.6 Å². The zero-order chi connectivity index (χ0) is 12.1. The number of aromatic nitrogens is 2. The van der Waals surface area contributed by atoms with E-state index in [1.165, 1.54) is 0 Å². The molecule has 0 radical (unpaired) electrons. The zero-order valence-corrected chi connectivity index (χ0v) is 9.04. The number of guanidine groups is 1. The van der Waals surface area contributed by atoms with Crippen LogP contribution in [0.3, 0.4) is 0 Å². The molecule has 0 aliphatic carbocycles. The maximum Gasteiger partial charge on any atom is 0.211 e. The van der Waals surface area contributed by atoms with Crippen molar-refractivity contribution in [1.82, 2.24) is 9.97 Å². The fourth-order valence-corrected chi connectivity index (χ4v) is 1.36. The zero-order valence-electron chi connectivity index (χ0n) is 9.04. The Balaban J connectivity index is 2.23. The second kappa shape index (κ2) is 4.93. The number of rotatable bonds is 3. The lowest BCUT2D eigenvalue weighted by atomic mass is 10.1. The van der Waals surface area contributed by atoms with Gasteiger partial charge in [0.25, 0.3) is 0 Å². The number of imidazole rings is 1. The van der Waals surface area contributed by atoms with Crippen molar-refractivity contribution in [1.29, 1.82) is 0 Å². The molecule has 1 heterocycles. The summed E-state index contributed by atoms with van der Waals surface area (Å²) >= 11 is 0. The van der Waals surface area contributed by atoms with Crippen molar-refractivity contribution >= 4 is 12.2 Å². The molecule has 86 valence electrons. The largest absolute Gasteiger partial charge is 0.369 e. The molecule has 0 spiro atoms. The molecule has 0 atom stereocenters. The molecule has 0 unspecified atom stereocenters. The molecule has 0 aliphatic rings. The van der Waals surface area contributed by atoms with Crippen LogP contribution in [0.1, 0.15) is 5.56 Å². The molecule has 0 fully saturated rings. The van der Waals surface area contributed by atoms with Gasteiger partial charge in [-0.2, -0.15) is 5.10 Å². The lowest BCUT2D eigenvalue weighted by Gasteiger charge is -1.98. The highest BCUT2D eigenvalue weighted by Gasteiger charge is 1.98. The molecule has 1 aromatic heterocycles. The van der Waals surface area contributed by atoms with Gasteiger partial charge >= 0.3 is 0 Å². The second-order valence-corrected chi connectivity index (χ2v) is 3.36. The lowest BCUT2D eigenvalue weighted by Crippen LogP contribution is -2.21. The van der Waals surface area contributed by atoms with Gasteiger partial charge < -0.3 is 16.5 Å². The number of nitrogens with zero attached hydrogens (tertiary/aromatic N) is 3. The third kappa shape index (κ3) is 2.91. The molecule has 0 bridgehead atoms. The number of hydrogen-bond donors (Lipinski definition) is 3. The van der Waals surface area contributed by atoms with E-state index in [0.717, 1.165) is 16.8 Å². The highest BCUT2D eigenvalue weighted by Crippen LogP contribution is 2.16. The summed E-state index contributed by atoms with van der Waals surface area (Å²) < 4.78 is 0. The SMILES string of the molecule is NC(N)=NN=Cc1cccc(-c2cnc[nH]2)c1. The molecular formula is C11H12N6.